The van der Waals surface area contributed by atoms with Crippen molar-refractivity contribution in [3.05, 3.63) is 33.3 Å². The van der Waals surface area contributed by atoms with Gasteiger partial charge in [-0.05, 0) is 24.6 Å². The van der Waals surface area contributed by atoms with Gasteiger partial charge in [-0.2, -0.15) is 0 Å². The molecule has 0 radical (unpaired) electrons. The van der Waals surface area contributed by atoms with E-state index < -0.39 is 5.97 Å². The van der Waals surface area contributed by atoms with Gasteiger partial charge in [0.05, 0.1) is 5.02 Å². The summed E-state index contributed by atoms with van der Waals surface area (Å²) in [5, 5.41) is 8.83. The summed E-state index contributed by atoms with van der Waals surface area (Å²) in [6.45, 7) is 0. The number of benzene rings is 1. The van der Waals surface area contributed by atoms with Gasteiger partial charge >= 0.3 is 5.97 Å². The largest absolute Gasteiger partial charge is 0.481 e. The van der Waals surface area contributed by atoms with Gasteiger partial charge in [0.25, 0.3) is 0 Å². The first-order chi connectivity index (χ1) is 7.50. The van der Waals surface area contributed by atoms with Crippen molar-refractivity contribution in [2.45, 2.75) is 19.3 Å². The minimum absolute atomic E-state index is 0.000112. The smallest absolute Gasteiger partial charge is 0.303 e. The van der Waals surface area contributed by atoms with Crippen LogP contribution in [0.4, 0.5) is 0 Å². The van der Waals surface area contributed by atoms with Crippen molar-refractivity contribution in [1.82, 2.24) is 0 Å². The van der Waals surface area contributed by atoms with Crippen molar-refractivity contribution in [2.24, 2.45) is 0 Å². The van der Waals surface area contributed by atoms with Crippen molar-refractivity contribution in [3.63, 3.8) is 0 Å². The Kier molecular flexibility index (Phi) is 4.96. The van der Waals surface area contributed by atoms with Crippen LogP contribution in [-0.4, -0.2) is 16.9 Å². The molecule has 0 spiro atoms. The number of ketones is 1. The molecule has 0 aliphatic heterocycles. The van der Waals surface area contributed by atoms with Crippen LogP contribution in [0.15, 0.2) is 22.7 Å². The summed E-state index contributed by atoms with van der Waals surface area (Å²) >= 11 is 9.14. The summed E-state index contributed by atoms with van der Waals surface area (Å²) < 4.78 is 0.805. The molecule has 0 fully saturated rings. The van der Waals surface area contributed by atoms with Crippen LogP contribution in [-0.2, 0) is 4.79 Å². The molecule has 16 heavy (non-hydrogen) atoms. The summed E-state index contributed by atoms with van der Waals surface area (Å²) in [7, 11) is 0. The van der Waals surface area contributed by atoms with Gasteiger partial charge in [0, 0.05) is 22.9 Å². The fourth-order valence-electron chi connectivity index (χ4n) is 1.25. The predicted molar refractivity (Wildman–Crippen MR) is 65.0 cm³/mol. The zero-order valence-electron chi connectivity index (χ0n) is 8.37. The fraction of sp³-hybridized carbons (Fsp3) is 0.273. The molecule has 1 rings (SSSR count). The van der Waals surface area contributed by atoms with Gasteiger partial charge in [0.2, 0.25) is 0 Å². The second-order valence-electron chi connectivity index (χ2n) is 3.29. The Morgan fingerprint density at radius 1 is 1.31 bits per heavy atom. The molecule has 0 aromatic heterocycles. The second-order valence-corrected chi connectivity index (χ2v) is 4.62. The van der Waals surface area contributed by atoms with Crippen molar-refractivity contribution in [1.29, 1.82) is 0 Å². The third kappa shape index (κ3) is 3.94. The summed E-state index contributed by atoms with van der Waals surface area (Å²) in [5.74, 6) is -1.02. The molecule has 1 N–H and O–H groups in total. The van der Waals surface area contributed by atoms with Crippen LogP contribution in [0.2, 0.25) is 5.02 Å². The van der Waals surface area contributed by atoms with Crippen molar-refractivity contribution in [3.8, 4) is 0 Å². The van der Waals surface area contributed by atoms with Crippen LogP contribution in [0.5, 0.6) is 0 Å². The van der Waals surface area contributed by atoms with Crippen LogP contribution in [0, 0.1) is 0 Å². The molecule has 0 aliphatic rings. The molecule has 0 aliphatic carbocycles. The molecule has 1 aromatic carbocycles. The second kappa shape index (κ2) is 6.01. The third-order valence-electron chi connectivity index (χ3n) is 2.03. The summed E-state index contributed by atoms with van der Waals surface area (Å²) in [4.78, 5) is 22.0. The lowest BCUT2D eigenvalue weighted by molar-refractivity contribution is -0.137. The van der Waals surface area contributed by atoms with Crippen LogP contribution in [0.1, 0.15) is 29.6 Å². The van der Waals surface area contributed by atoms with Crippen molar-refractivity contribution in [2.75, 3.05) is 0 Å². The highest BCUT2D eigenvalue weighted by atomic mass is 79.9. The first kappa shape index (κ1) is 13.2. The van der Waals surface area contributed by atoms with E-state index in [2.05, 4.69) is 15.9 Å². The van der Waals surface area contributed by atoms with E-state index in [1.807, 2.05) is 0 Å². The number of aliphatic carboxylic acids is 1. The van der Waals surface area contributed by atoms with Crippen LogP contribution in [0.25, 0.3) is 0 Å². The monoisotopic (exact) mass is 304 g/mol. The molecule has 0 saturated heterocycles. The third-order valence-corrected chi connectivity index (χ3v) is 2.83. The summed E-state index contributed by atoms with van der Waals surface area (Å²) in [5.41, 5.74) is 0.440. The zero-order valence-corrected chi connectivity index (χ0v) is 10.7. The van der Waals surface area contributed by atoms with E-state index in [0.717, 1.165) is 4.47 Å². The molecule has 0 saturated carbocycles. The molecule has 3 nitrogen and oxygen atoms in total. The Balaban J connectivity index is 2.63. The fourth-order valence-corrected chi connectivity index (χ4v) is 2.03. The van der Waals surface area contributed by atoms with Crippen LogP contribution in [0.3, 0.4) is 0 Å². The van der Waals surface area contributed by atoms with E-state index in [9.17, 15) is 9.59 Å². The van der Waals surface area contributed by atoms with Crippen LogP contribution >= 0.6 is 27.5 Å². The number of hydrogen-bond donors (Lipinski definition) is 1. The number of Topliss-reactive ketones (excluding diaryl/α,β-unsaturated/α-hetero) is 1. The van der Waals surface area contributed by atoms with E-state index in [4.69, 9.17) is 16.7 Å². The lowest BCUT2D eigenvalue weighted by Crippen LogP contribution is -2.02. The Hall–Kier alpha value is -0.870. The molecule has 0 unspecified atom stereocenters. The maximum Gasteiger partial charge on any atom is 0.303 e. The van der Waals surface area contributed by atoms with E-state index in [1.54, 1.807) is 18.2 Å². The van der Waals surface area contributed by atoms with E-state index in [-0.39, 0.29) is 18.6 Å². The Morgan fingerprint density at radius 3 is 2.56 bits per heavy atom. The molecule has 86 valence electrons. The Bertz CT molecular complexity index is 418. The van der Waals surface area contributed by atoms with Gasteiger partial charge in [-0.15, -0.1) is 0 Å². The first-order valence-corrected chi connectivity index (χ1v) is 5.88. The molecule has 0 amide bonds. The van der Waals surface area contributed by atoms with Gasteiger partial charge in [-0.25, -0.2) is 0 Å². The number of carboxylic acids is 1. The minimum Gasteiger partial charge on any atom is -0.481 e. The number of halogens is 2. The van der Waals surface area contributed by atoms with Gasteiger partial charge in [-0.3, -0.25) is 9.59 Å². The van der Waals surface area contributed by atoms with Crippen molar-refractivity contribution >= 4 is 39.3 Å². The molecular weight excluding hydrogens is 295 g/mol. The SMILES string of the molecule is O=C(O)CCCC(=O)c1ccc(Br)cc1Cl. The maximum atomic E-state index is 11.7. The van der Waals surface area contributed by atoms with E-state index in [1.165, 1.54) is 0 Å². The van der Waals surface area contributed by atoms with Gasteiger partial charge in [-0.1, -0.05) is 27.5 Å². The molecule has 1 aromatic rings. The summed E-state index contributed by atoms with van der Waals surface area (Å²) in [6, 6.07) is 5.01. The summed E-state index contributed by atoms with van der Waals surface area (Å²) in [6.07, 6.45) is 0.536. The molecule has 0 bridgehead atoms. The molecule has 5 heteroatoms. The van der Waals surface area contributed by atoms with E-state index >= 15 is 0 Å². The lowest BCUT2D eigenvalue weighted by atomic mass is 10.1. The van der Waals surface area contributed by atoms with Crippen LogP contribution < -0.4 is 0 Å². The minimum atomic E-state index is -0.894. The standard InChI is InChI=1S/C11H10BrClO3/c12-7-4-5-8(9(13)6-7)10(14)2-1-3-11(15)16/h4-6H,1-3H2,(H,15,16). The quantitative estimate of drug-likeness (QED) is 0.847. The molecule has 0 heterocycles. The van der Waals surface area contributed by atoms with Gasteiger partial charge in [0.1, 0.15) is 0 Å². The normalized spacial score (nSPS) is 10.1. The predicted octanol–water partition coefficient (Wildman–Crippen LogP) is 3.54. The highest BCUT2D eigenvalue weighted by Crippen LogP contribution is 2.22. The number of carboxylic acid groups (broad SMARTS) is 1. The highest BCUT2D eigenvalue weighted by Gasteiger charge is 2.11. The number of carbonyl (C=O) groups is 2. The maximum absolute atomic E-state index is 11.7. The number of carbonyl (C=O) groups excluding carboxylic acids is 1. The highest BCUT2D eigenvalue weighted by molar-refractivity contribution is 9.10. The molecule has 0 atom stereocenters. The lowest BCUT2D eigenvalue weighted by Gasteiger charge is -2.03. The number of hydrogen-bond acceptors (Lipinski definition) is 2. The van der Waals surface area contributed by atoms with Gasteiger partial charge < -0.3 is 5.11 Å². The van der Waals surface area contributed by atoms with E-state index in [0.29, 0.717) is 17.0 Å². The van der Waals surface area contributed by atoms with Gasteiger partial charge in [0.15, 0.2) is 5.78 Å². The average Bonchev–Trinajstić information content (AvgIpc) is 2.16. The van der Waals surface area contributed by atoms with Crippen molar-refractivity contribution < 1.29 is 14.7 Å². The zero-order chi connectivity index (χ0) is 12.1. The molecular formula is C11H10BrClO3. The number of rotatable bonds is 5. The Morgan fingerprint density at radius 2 is 2.00 bits per heavy atom. The topological polar surface area (TPSA) is 54.4 Å². The Labute approximate surface area is 107 Å². The average molecular weight is 306 g/mol. The first-order valence-electron chi connectivity index (χ1n) is 4.70.